The summed E-state index contributed by atoms with van der Waals surface area (Å²) in [6.45, 7) is 5.59. The molecule has 0 aliphatic heterocycles. The zero-order chi connectivity index (χ0) is 10.5. The first-order chi connectivity index (χ1) is 6.22. The Hall–Kier alpha value is 2.22. The van der Waals surface area contributed by atoms with Gasteiger partial charge in [0.1, 0.15) is 0 Å². The summed E-state index contributed by atoms with van der Waals surface area (Å²) < 4.78 is 10.4. The molecule has 0 heterocycles. The van der Waals surface area contributed by atoms with Crippen molar-refractivity contribution in [2.24, 2.45) is 0 Å². The van der Waals surface area contributed by atoms with Gasteiger partial charge in [0.25, 0.3) is 0 Å². The number of halogens is 3. The predicted octanol–water partition coefficient (Wildman–Crippen LogP) is 3.82. The molecule has 0 aromatic heterocycles. The van der Waals surface area contributed by atoms with Gasteiger partial charge in [-0.05, 0) is 0 Å². The van der Waals surface area contributed by atoms with E-state index in [0.717, 1.165) is 26.1 Å². The van der Waals surface area contributed by atoms with Crippen molar-refractivity contribution in [2.45, 2.75) is 26.7 Å². The van der Waals surface area contributed by atoms with Crippen molar-refractivity contribution in [3.05, 3.63) is 0 Å². The Morgan fingerprint density at radius 3 is 1.62 bits per heavy atom. The molecule has 0 bridgehead atoms. The van der Waals surface area contributed by atoms with Gasteiger partial charge in [-0.25, -0.2) is 0 Å². The van der Waals surface area contributed by atoms with E-state index in [2.05, 4.69) is 13.8 Å². The third-order valence-electron chi connectivity index (χ3n) is 0.839. The summed E-state index contributed by atoms with van der Waals surface area (Å²) in [5.74, 6) is 0. The maximum absolute atomic E-state index is 5.76. The van der Waals surface area contributed by atoms with E-state index in [1.54, 1.807) is 0 Å². The molecule has 0 aliphatic rings. The molecule has 0 aliphatic carbocycles. The standard InChI is InChI=1S/2C3H7O.3ClH.2Ti/c2*1-2-3-4;;;;;/h2*2-3H2,1H3;3*1H;;/q2*-1;;;;+2;+3/p-3. The van der Waals surface area contributed by atoms with Gasteiger partial charge in [0, 0.05) is 0 Å². The van der Waals surface area contributed by atoms with Crippen LogP contribution in [0.1, 0.15) is 26.7 Å². The summed E-state index contributed by atoms with van der Waals surface area (Å²) in [6.07, 6.45) is 2.03. The fourth-order valence-electron chi connectivity index (χ4n) is 0.406. The second-order valence-electron chi connectivity index (χ2n) is 2.01. The van der Waals surface area contributed by atoms with Crippen LogP contribution in [0.3, 0.4) is 0 Å². The van der Waals surface area contributed by atoms with Gasteiger partial charge in [-0.1, -0.05) is 0 Å². The van der Waals surface area contributed by atoms with Gasteiger partial charge in [0.2, 0.25) is 0 Å². The van der Waals surface area contributed by atoms with Crippen molar-refractivity contribution in [1.29, 1.82) is 0 Å². The molecule has 0 saturated heterocycles. The molecule has 0 aromatic rings. The van der Waals surface area contributed by atoms with Crippen molar-refractivity contribution < 1.29 is 41.3 Å². The fourth-order valence-corrected chi connectivity index (χ4v) is 2.31. The van der Waals surface area contributed by atoms with E-state index < -0.39 is 34.6 Å². The van der Waals surface area contributed by atoms with E-state index in [1.807, 2.05) is 0 Å². The van der Waals surface area contributed by atoms with Crippen molar-refractivity contribution in [2.75, 3.05) is 13.2 Å². The molecule has 0 rings (SSSR count). The molecule has 0 amide bonds. The van der Waals surface area contributed by atoms with Crippen LogP contribution < -0.4 is 0 Å². The first kappa shape index (κ1) is 17.6. The van der Waals surface area contributed by atoms with Gasteiger partial charge in [0.15, 0.2) is 0 Å². The summed E-state index contributed by atoms with van der Waals surface area (Å²) in [6, 6.07) is 0. The molecule has 0 unspecified atom stereocenters. The van der Waals surface area contributed by atoms with Gasteiger partial charge in [-0.15, -0.1) is 0 Å². The van der Waals surface area contributed by atoms with Gasteiger partial charge in [-0.2, -0.15) is 0 Å². The van der Waals surface area contributed by atoms with Crippen molar-refractivity contribution in [1.82, 2.24) is 0 Å². The zero-order valence-corrected chi connectivity index (χ0v) is 13.2. The van der Waals surface area contributed by atoms with Gasteiger partial charge >= 0.3 is 109 Å². The van der Waals surface area contributed by atoms with Crippen molar-refractivity contribution in [3.63, 3.8) is 0 Å². The molecule has 13 heavy (non-hydrogen) atoms. The summed E-state index contributed by atoms with van der Waals surface area (Å²) in [7, 11) is 15.5. The van der Waals surface area contributed by atoms with Crippen LogP contribution in [0, 0.1) is 0 Å². The van der Waals surface area contributed by atoms with Crippen LogP contribution in [-0.2, 0) is 41.3 Å². The first-order valence-corrected chi connectivity index (χ1v) is 11.7. The second-order valence-corrected chi connectivity index (χ2v) is 7.50. The summed E-state index contributed by atoms with van der Waals surface area (Å²) >= 11 is -2.56. The minimum absolute atomic E-state index is 0.556. The molecule has 7 heteroatoms. The Kier molecular flexibility index (Phi) is 22.5. The second kappa shape index (κ2) is 16.6. The Bertz CT molecular complexity index is 82.3. The molecule has 0 aromatic carbocycles. The molecule has 0 radical (unpaired) electrons. The first-order valence-electron chi connectivity index (χ1n) is 3.97. The summed E-state index contributed by atoms with van der Waals surface area (Å²) in [4.78, 5) is 0. The molecule has 0 N–H and O–H groups in total. The molecule has 0 fully saturated rings. The van der Waals surface area contributed by atoms with Gasteiger partial charge < -0.3 is 0 Å². The van der Waals surface area contributed by atoms with Crippen LogP contribution in [0.2, 0.25) is 0 Å². The number of hydrogen-bond donors (Lipinski definition) is 0. The third kappa shape index (κ3) is 20.3. The average Bonchev–Trinajstić information content (AvgIpc) is 2.12. The molecular weight excluding hydrogens is 306 g/mol. The topological polar surface area (TPSA) is 18.5 Å². The van der Waals surface area contributed by atoms with E-state index in [9.17, 15) is 0 Å². The van der Waals surface area contributed by atoms with Crippen LogP contribution in [0.15, 0.2) is 0 Å². The average molecular weight is 320 g/mol. The summed E-state index contributed by atoms with van der Waals surface area (Å²) in [5, 5.41) is 0. The van der Waals surface area contributed by atoms with Crippen LogP contribution >= 0.6 is 27.9 Å². The Labute approximate surface area is 108 Å². The molecular formula is C6H14Cl3O2Ti2. The van der Waals surface area contributed by atoms with E-state index >= 15 is 0 Å². The monoisotopic (exact) mass is 319 g/mol. The molecule has 2 nitrogen and oxygen atoms in total. The SMILES string of the molecule is CCC[O][Ti]([Cl])[O]CCC.[Cl][Ti][Cl]. The van der Waals surface area contributed by atoms with Crippen LogP contribution in [0.4, 0.5) is 0 Å². The maximum atomic E-state index is 5.76. The normalized spacial score (nSPS) is 8.69. The molecule has 0 saturated carbocycles. The van der Waals surface area contributed by atoms with Crippen molar-refractivity contribution >= 4 is 27.9 Å². The van der Waals surface area contributed by atoms with Gasteiger partial charge in [-0.3, -0.25) is 0 Å². The fraction of sp³-hybridized carbons (Fsp3) is 1.00. The van der Waals surface area contributed by atoms with E-state index in [-0.39, 0.29) is 0 Å². The Morgan fingerprint density at radius 2 is 1.38 bits per heavy atom. The molecule has 0 atom stereocenters. The summed E-state index contributed by atoms with van der Waals surface area (Å²) in [5.41, 5.74) is 0. The zero-order valence-electron chi connectivity index (χ0n) is 7.78. The van der Waals surface area contributed by atoms with Crippen molar-refractivity contribution in [3.8, 4) is 0 Å². The Morgan fingerprint density at radius 1 is 1.08 bits per heavy atom. The molecule has 0 spiro atoms. The van der Waals surface area contributed by atoms with E-state index in [1.165, 1.54) is 0 Å². The van der Waals surface area contributed by atoms with Crippen LogP contribution in [-0.4, -0.2) is 13.2 Å². The predicted molar refractivity (Wildman–Crippen MR) is 50.0 cm³/mol. The third-order valence-corrected chi connectivity index (χ3v) is 3.09. The number of rotatable bonds is 6. The van der Waals surface area contributed by atoms with E-state index in [0.29, 0.717) is 0 Å². The molecule has 79 valence electrons. The van der Waals surface area contributed by atoms with Crippen LogP contribution in [0.25, 0.3) is 0 Å². The quantitative estimate of drug-likeness (QED) is 0.693. The van der Waals surface area contributed by atoms with Crippen LogP contribution in [0.5, 0.6) is 0 Å². The van der Waals surface area contributed by atoms with Gasteiger partial charge in [0.05, 0.1) is 0 Å². The Balaban J connectivity index is 0. The van der Waals surface area contributed by atoms with E-state index in [4.69, 9.17) is 34.6 Å². The number of hydrogen-bond acceptors (Lipinski definition) is 2. The minimum atomic E-state index is -2.01.